The summed E-state index contributed by atoms with van der Waals surface area (Å²) in [6.45, 7) is 4.53. The summed E-state index contributed by atoms with van der Waals surface area (Å²) in [5.41, 5.74) is 1.48. The molecule has 3 aromatic rings. The number of benzene rings is 1. The smallest absolute Gasteiger partial charge is 0.314 e. The molecule has 5 nitrogen and oxygen atoms in total. The maximum absolute atomic E-state index is 12.7. The van der Waals surface area contributed by atoms with Crippen LogP contribution in [0.1, 0.15) is 5.56 Å². The van der Waals surface area contributed by atoms with Crippen molar-refractivity contribution < 1.29 is 13.2 Å². The van der Waals surface area contributed by atoms with Crippen LogP contribution in [-0.4, -0.2) is 45.8 Å². The van der Waals surface area contributed by atoms with E-state index in [-0.39, 0.29) is 24.8 Å². The molecular formula is C18H20Cl2F3N5. The maximum atomic E-state index is 12.7. The molecule has 0 unspecified atom stereocenters. The van der Waals surface area contributed by atoms with Crippen molar-refractivity contribution in [1.29, 1.82) is 0 Å². The Bertz CT molecular complexity index is 906. The summed E-state index contributed by atoms with van der Waals surface area (Å²) in [7, 11) is 0. The highest BCUT2D eigenvalue weighted by molar-refractivity contribution is 5.93. The highest BCUT2D eigenvalue weighted by Crippen LogP contribution is 2.31. The highest BCUT2D eigenvalue weighted by atomic mass is 35.5. The third kappa shape index (κ3) is 4.57. The molecular weight excluding hydrogens is 414 g/mol. The summed E-state index contributed by atoms with van der Waals surface area (Å²) in [5.74, 6) is 0. The first-order valence-corrected chi connectivity index (χ1v) is 8.43. The van der Waals surface area contributed by atoms with Gasteiger partial charge >= 0.3 is 6.18 Å². The Kier molecular flexibility index (Phi) is 7.28. The van der Waals surface area contributed by atoms with Crippen molar-refractivity contribution >= 4 is 35.7 Å². The maximum Gasteiger partial charge on any atom is 0.417 e. The minimum absolute atomic E-state index is 0. The van der Waals surface area contributed by atoms with Gasteiger partial charge in [0.15, 0.2) is 0 Å². The number of hydrogen-bond donors (Lipinski definition) is 1. The van der Waals surface area contributed by atoms with Gasteiger partial charge in [-0.05, 0) is 18.2 Å². The van der Waals surface area contributed by atoms with Crippen LogP contribution in [0.3, 0.4) is 0 Å². The summed E-state index contributed by atoms with van der Waals surface area (Å²) in [6.07, 6.45) is -1.75. The molecule has 1 aliphatic rings. The molecule has 0 bridgehead atoms. The molecule has 1 aromatic carbocycles. The zero-order chi connectivity index (χ0) is 18.1. The molecule has 152 valence electrons. The second kappa shape index (κ2) is 9.09. The minimum atomic E-state index is -4.38. The van der Waals surface area contributed by atoms with Crippen LogP contribution in [0.4, 0.5) is 13.2 Å². The van der Waals surface area contributed by atoms with Crippen LogP contribution in [0, 0.1) is 0 Å². The van der Waals surface area contributed by atoms with Gasteiger partial charge in [0.05, 0.1) is 29.6 Å². The molecule has 10 heteroatoms. The summed E-state index contributed by atoms with van der Waals surface area (Å²) in [4.78, 5) is 6.33. The van der Waals surface area contributed by atoms with Gasteiger partial charge in [-0.15, -0.1) is 24.8 Å². The predicted octanol–water partition coefficient (Wildman–Crippen LogP) is 3.82. The van der Waals surface area contributed by atoms with Crippen LogP contribution in [0.2, 0.25) is 0 Å². The lowest BCUT2D eigenvalue weighted by atomic mass is 10.1. The van der Waals surface area contributed by atoms with E-state index in [0.29, 0.717) is 12.4 Å². The van der Waals surface area contributed by atoms with E-state index in [1.165, 1.54) is 6.07 Å². The second-order valence-corrected chi connectivity index (χ2v) is 6.32. The van der Waals surface area contributed by atoms with Gasteiger partial charge in [-0.1, -0.05) is 12.1 Å². The zero-order valence-electron chi connectivity index (χ0n) is 14.8. The molecule has 0 amide bonds. The van der Waals surface area contributed by atoms with Gasteiger partial charge < -0.3 is 5.32 Å². The topological polar surface area (TPSA) is 46.0 Å². The van der Waals surface area contributed by atoms with E-state index in [0.717, 1.165) is 54.9 Å². The first-order valence-electron chi connectivity index (χ1n) is 8.43. The number of nitrogens with one attached hydrogen (secondary N) is 1. The van der Waals surface area contributed by atoms with Crippen molar-refractivity contribution in [3.05, 3.63) is 48.3 Å². The van der Waals surface area contributed by atoms with Crippen molar-refractivity contribution in [2.75, 3.05) is 26.2 Å². The van der Waals surface area contributed by atoms with Gasteiger partial charge in [-0.25, -0.2) is 0 Å². The minimum Gasteiger partial charge on any atom is -0.314 e. The lowest BCUT2D eigenvalue weighted by Gasteiger charge is -2.27. The number of pyridine rings is 1. The van der Waals surface area contributed by atoms with Crippen LogP contribution >= 0.6 is 24.8 Å². The summed E-state index contributed by atoms with van der Waals surface area (Å²) >= 11 is 0. The lowest BCUT2D eigenvalue weighted by Crippen LogP contribution is -2.44. The molecule has 0 saturated carbocycles. The van der Waals surface area contributed by atoms with Gasteiger partial charge in [0.1, 0.15) is 0 Å². The molecule has 1 N–H and O–H groups in total. The Morgan fingerprint density at radius 1 is 1.00 bits per heavy atom. The normalized spacial score (nSPS) is 15.1. The van der Waals surface area contributed by atoms with E-state index in [2.05, 4.69) is 20.3 Å². The molecule has 0 radical (unpaired) electrons. The molecule has 28 heavy (non-hydrogen) atoms. The van der Waals surface area contributed by atoms with Gasteiger partial charge in [0, 0.05) is 43.3 Å². The average molecular weight is 434 g/mol. The highest BCUT2D eigenvalue weighted by Gasteiger charge is 2.30. The van der Waals surface area contributed by atoms with Gasteiger partial charge in [-0.2, -0.15) is 18.3 Å². The number of alkyl halides is 3. The van der Waals surface area contributed by atoms with Crippen LogP contribution in [0.15, 0.2) is 42.7 Å². The van der Waals surface area contributed by atoms with Crippen molar-refractivity contribution in [2.45, 2.75) is 12.8 Å². The number of fused-ring (bicyclic) bond motifs is 1. The van der Waals surface area contributed by atoms with Crippen molar-refractivity contribution in [1.82, 2.24) is 25.0 Å². The first kappa shape index (κ1) is 22.4. The fraction of sp³-hybridized carbons (Fsp3) is 0.333. The average Bonchev–Trinajstić information content (AvgIpc) is 3.05. The van der Waals surface area contributed by atoms with Crippen LogP contribution in [-0.2, 0) is 12.8 Å². The second-order valence-electron chi connectivity index (χ2n) is 6.32. The van der Waals surface area contributed by atoms with E-state index >= 15 is 0 Å². The Balaban J connectivity index is 0.00000140. The summed E-state index contributed by atoms with van der Waals surface area (Å²) in [6, 6.07) is 8.18. The zero-order valence-corrected chi connectivity index (χ0v) is 16.4. The quantitative estimate of drug-likeness (QED) is 0.681. The Hall–Kier alpha value is -1.87. The van der Waals surface area contributed by atoms with E-state index < -0.39 is 11.7 Å². The monoisotopic (exact) mass is 433 g/mol. The number of hydrogen-bond acceptors (Lipinski definition) is 4. The van der Waals surface area contributed by atoms with Gasteiger partial charge in [-0.3, -0.25) is 14.6 Å². The van der Waals surface area contributed by atoms with Crippen LogP contribution in [0.25, 0.3) is 22.2 Å². The third-order valence-corrected chi connectivity index (χ3v) is 4.60. The Morgan fingerprint density at radius 3 is 2.39 bits per heavy atom. The molecule has 1 saturated heterocycles. The fourth-order valence-electron chi connectivity index (χ4n) is 3.20. The largest absolute Gasteiger partial charge is 0.417 e. The van der Waals surface area contributed by atoms with E-state index in [9.17, 15) is 13.2 Å². The molecule has 0 spiro atoms. The Morgan fingerprint density at radius 2 is 1.75 bits per heavy atom. The molecule has 4 rings (SSSR count). The lowest BCUT2D eigenvalue weighted by molar-refractivity contribution is -0.137. The molecule has 2 aromatic heterocycles. The molecule has 0 aliphatic carbocycles. The van der Waals surface area contributed by atoms with E-state index in [4.69, 9.17) is 0 Å². The number of rotatable bonds is 3. The Labute approximate surface area is 172 Å². The van der Waals surface area contributed by atoms with E-state index in [1.54, 1.807) is 6.20 Å². The molecule has 1 aliphatic heterocycles. The summed E-state index contributed by atoms with van der Waals surface area (Å²) in [5, 5.41) is 8.68. The van der Waals surface area contributed by atoms with Crippen molar-refractivity contribution in [3.8, 4) is 11.3 Å². The van der Waals surface area contributed by atoms with Gasteiger partial charge in [0.2, 0.25) is 0 Å². The van der Waals surface area contributed by atoms with E-state index in [1.807, 2.05) is 22.9 Å². The van der Waals surface area contributed by atoms with Crippen molar-refractivity contribution in [2.24, 2.45) is 0 Å². The SMILES string of the molecule is Cl.Cl.FC(F)(F)c1ccc(-c2cccc3c2cnn3CN2CCNCC2)nc1. The number of nitrogens with zero attached hydrogens (tertiary/aromatic N) is 4. The number of piperazine rings is 1. The molecule has 3 heterocycles. The third-order valence-electron chi connectivity index (χ3n) is 4.60. The molecule has 1 fully saturated rings. The standard InChI is InChI=1S/C18H18F3N5.2ClH/c19-18(20,21)13-4-5-16(23-10-13)14-2-1-3-17-15(14)11-24-26(17)12-25-8-6-22-7-9-25;;/h1-5,10-11,22H,6-9,12H2;2*1H. The van der Waals surface area contributed by atoms with Crippen molar-refractivity contribution in [3.63, 3.8) is 0 Å². The fourth-order valence-corrected chi connectivity index (χ4v) is 3.20. The van der Waals surface area contributed by atoms with Gasteiger partial charge in [0.25, 0.3) is 0 Å². The molecule has 0 atom stereocenters. The number of aromatic nitrogens is 3. The number of halogens is 5. The predicted molar refractivity (Wildman–Crippen MR) is 107 cm³/mol. The van der Waals surface area contributed by atoms with Crippen LogP contribution in [0.5, 0.6) is 0 Å². The summed E-state index contributed by atoms with van der Waals surface area (Å²) < 4.78 is 40.1. The van der Waals surface area contributed by atoms with Crippen LogP contribution < -0.4 is 5.32 Å². The first-order chi connectivity index (χ1) is 12.5.